The van der Waals surface area contributed by atoms with E-state index >= 15 is 0 Å². The van der Waals surface area contributed by atoms with Crippen LogP contribution in [0.15, 0.2) is 30.3 Å². The molecule has 1 aromatic carbocycles. The largest absolute Gasteiger partial charge is 0.370 e. The molecule has 0 spiro atoms. The lowest BCUT2D eigenvalue weighted by molar-refractivity contribution is -0.126. The molecule has 0 aliphatic heterocycles. The van der Waals surface area contributed by atoms with Crippen LogP contribution in [0.3, 0.4) is 0 Å². The standard InChI is InChI=1S/C17H24N3O3/c1-2-3-9-20-14(10-15(19)22)17(23)16(13(18)11-21)12-7-5-4-6-8-12/h4-8,13-14,16,20H,2-3,9-10,18H2,1H3,(H2,19,22)/t13-,14+,16?/m1/s1. The summed E-state index contributed by atoms with van der Waals surface area (Å²) in [6.07, 6.45) is 3.37. The highest BCUT2D eigenvalue weighted by atomic mass is 16.1. The average Bonchev–Trinajstić information content (AvgIpc) is 2.54. The summed E-state index contributed by atoms with van der Waals surface area (Å²) in [6, 6.07) is 6.94. The van der Waals surface area contributed by atoms with Crippen LogP contribution in [0.4, 0.5) is 0 Å². The van der Waals surface area contributed by atoms with Crippen molar-refractivity contribution in [3.05, 3.63) is 35.9 Å². The van der Waals surface area contributed by atoms with E-state index < -0.39 is 23.9 Å². The number of hydrogen-bond donors (Lipinski definition) is 3. The summed E-state index contributed by atoms with van der Waals surface area (Å²) >= 11 is 0. The Morgan fingerprint density at radius 3 is 2.43 bits per heavy atom. The Kier molecular flexibility index (Phi) is 8.15. The van der Waals surface area contributed by atoms with Crippen LogP contribution in [0.25, 0.3) is 0 Å². The normalized spacial score (nSPS) is 14.7. The number of primary amides is 1. The lowest BCUT2D eigenvalue weighted by Crippen LogP contribution is -2.47. The molecule has 1 unspecified atom stereocenters. The van der Waals surface area contributed by atoms with E-state index in [1.54, 1.807) is 30.6 Å². The summed E-state index contributed by atoms with van der Waals surface area (Å²) in [5.41, 5.74) is 11.7. The number of benzene rings is 1. The first kappa shape index (κ1) is 19.0. The Morgan fingerprint density at radius 1 is 1.26 bits per heavy atom. The number of rotatable bonds is 11. The monoisotopic (exact) mass is 318 g/mol. The van der Waals surface area contributed by atoms with Crippen molar-refractivity contribution in [3.8, 4) is 0 Å². The molecule has 1 amide bonds. The van der Waals surface area contributed by atoms with Gasteiger partial charge >= 0.3 is 0 Å². The van der Waals surface area contributed by atoms with Gasteiger partial charge in [0.05, 0.1) is 18.0 Å². The number of ketones is 1. The Balaban J connectivity index is 3.02. The predicted octanol–water partition coefficient (Wildman–Crippen LogP) is 0.410. The molecular weight excluding hydrogens is 294 g/mol. The minimum absolute atomic E-state index is 0.128. The molecule has 6 nitrogen and oxygen atoms in total. The third-order valence-corrected chi connectivity index (χ3v) is 3.63. The minimum atomic E-state index is -1.09. The quantitative estimate of drug-likeness (QED) is 0.511. The Morgan fingerprint density at radius 2 is 1.91 bits per heavy atom. The maximum atomic E-state index is 12.8. The van der Waals surface area contributed by atoms with Gasteiger partial charge in [-0.15, -0.1) is 0 Å². The number of amides is 1. The third-order valence-electron chi connectivity index (χ3n) is 3.63. The van der Waals surface area contributed by atoms with Crippen LogP contribution in [-0.4, -0.2) is 36.6 Å². The molecule has 1 rings (SSSR count). The fourth-order valence-electron chi connectivity index (χ4n) is 2.42. The van der Waals surface area contributed by atoms with Crippen molar-refractivity contribution in [3.63, 3.8) is 0 Å². The first-order valence-electron chi connectivity index (χ1n) is 7.74. The molecule has 1 radical (unpaired) electrons. The molecule has 0 aliphatic carbocycles. The maximum Gasteiger partial charge on any atom is 0.219 e. The zero-order chi connectivity index (χ0) is 17.2. The SMILES string of the molecule is CCCCN[C@@H](CC(N)=O)C(=O)C(c1ccccc1)[C@H](N)[C]=O. The predicted molar refractivity (Wildman–Crippen MR) is 88.4 cm³/mol. The van der Waals surface area contributed by atoms with Gasteiger partial charge in [-0.2, -0.15) is 0 Å². The number of nitrogens with one attached hydrogen (secondary N) is 1. The second kappa shape index (κ2) is 9.86. The third kappa shape index (κ3) is 5.92. The lowest BCUT2D eigenvalue weighted by atomic mass is 9.84. The van der Waals surface area contributed by atoms with Crippen molar-refractivity contribution in [2.24, 2.45) is 11.5 Å². The minimum Gasteiger partial charge on any atom is -0.370 e. The molecule has 5 N–H and O–H groups in total. The average molecular weight is 318 g/mol. The molecule has 125 valence electrons. The highest BCUT2D eigenvalue weighted by Gasteiger charge is 2.33. The molecule has 0 aliphatic rings. The van der Waals surface area contributed by atoms with Gasteiger partial charge in [0.25, 0.3) is 0 Å². The van der Waals surface area contributed by atoms with E-state index in [1.807, 2.05) is 13.0 Å². The van der Waals surface area contributed by atoms with Gasteiger partial charge in [-0.1, -0.05) is 43.7 Å². The van der Waals surface area contributed by atoms with E-state index in [2.05, 4.69) is 5.32 Å². The van der Waals surface area contributed by atoms with Crippen molar-refractivity contribution >= 4 is 18.0 Å². The second-order valence-electron chi connectivity index (χ2n) is 5.47. The summed E-state index contributed by atoms with van der Waals surface area (Å²) < 4.78 is 0. The topological polar surface area (TPSA) is 115 Å². The van der Waals surface area contributed by atoms with E-state index in [1.165, 1.54) is 0 Å². The van der Waals surface area contributed by atoms with Gasteiger partial charge in [0.15, 0.2) is 5.78 Å². The molecular formula is C17H24N3O3. The summed E-state index contributed by atoms with van der Waals surface area (Å²) in [5.74, 6) is -1.75. The Labute approximate surface area is 136 Å². The molecule has 6 heteroatoms. The zero-order valence-corrected chi connectivity index (χ0v) is 13.3. The molecule has 0 bridgehead atoms. The van der Waals surface area contributed by atoms with Gasteiger partial charge in [-0.25, -0.2) is 0 Å². The van der Waals surface area contributed by atoms with Gasteiger partial charge in [0, 0.05) is 6.42 Å². The van der Waals surface area contributed by atoms with Crippen molar-refractivity contribution in [1.82, 2.24) is 5.32 Å². The number of Topliss-reactive ketones (excluding diaryl/α,β-unsaturated/α-hetero) is 1. The van der Waals surface area contributed by atoms with Crippen molar-refractivity contribution in [2.75, 3.05) is 6.54 Å². The van der Waals surface area contributed by atoms with E-state index in [0.29, 0.717) is 12.1 Å². The first-order chi connectivity index (χ1) is 11.0. The number of nitrogens with two attached hydrogens (primary N) is 2. The molecule has 0 saturated heterocycles. The number of carbonyl (C=O) groups excluding carboxylic acids is 3. The highest BCUT2D eigenvalue weighted by Crippen LogP contribution is 2.21. The molecule has 0 aromatic heterocycles. The van der Waals surface area contributed by atoms with Crippen LogP contribution < -0.4 is 16.8 Å². The summed E-state index contributed by atoms with van der Waals surface area (Å²) in [5, 5.41) is 3.05. The summed E-state index contributed by atoms with van der Waals surface area (Å²) in [4.78, 5) is 35.1. The first-order valence-corrected chi connectivity index (χ1v) is 7.74. The fraction of sp³-hybridized carbons (Fsp3) is 0.471. The molecule has 0 heterocycles. The van der Waals surface area contributed by atoms with E-state index in [9.17, 15) is 14.4 Å². The fourth-order valence-corrected chi connectivity index (χ4v) is 2.42. The van der Waals surface area contributed by atoms with Crippen LogP contribution in [0.2, 0.25) is 0 Å². The Hall–Kier alpha value is -2.05. The van der Waals surface area contributed by atoms with Gasteiger partial charge in [-0.05, 0) is 18.5 Å². The lowest BCUT2D eigenvalue weighted by Gasteiger charge is -2.24. The number of unbranched alkanes of at least 4 members (excludes halogenated alkanes) is 1. The van der Waals surface area contributed by atoms with Crippen molar-refractivity contribution in [2.45, 2.75) is 44.2 Å². The number of carbonyl (C=O) groups is 2. The van der Waals surface area contributed by atoms with Crippen molar-refractivity contribution in [1.29, 1.82) is 0 Å². The zero-order valence-electron chi connectivity index (χ0n) is 13.3. The van der Waals surface area contributed by atoms with Crippen LogP contribution >= 0.6 is 0 Å². The van der Waals surface area contributed by atoms with Gasteiger partial charge in [0.1, 0.15) is 0 Å². The molecule has 0 saturated carbocycles. The second-order valence-corrected chi connectivity index (χ2v) is 5.47. The van der Waals surface area contributed by atoms with Crippen LogP contribution in [0.5, 0.6) is 0 Å². The molecule has 0 fully saturated rings. The van der Waals surface area contributed by atoms with E-state index in [4.69, 9.17) is 11.5 Å². The van der Waals surface area contributed by atoms with Gasteiger partial charge in [0.2, 0.25) is 12.2 Å². The van der Waals surface area contributed by atoms with Crippen LogP contribution in [0, 0.1) is 0 Å². The van der Waals surface area contributed by atoms with Crippen LogP contribution in [-0.2, 0) is 14.4 Å². The maximum absolute atomic E-state index is 12.8. The summed E-state index contributed by atoms with van der Waals surface area (Å²) in [7, 11) is 0. The molecule has 1 aromatic rings. The van der Waals surface area contributed by atoms with Crippen LogP contribution in [0.1, 0.15) is 37.7 Å². The van der Waals surface area contributed by atoms with Gasteiger partial charge in [-0.3, -0.25) is 14.4 Å². The van der Waals surface area contributed by atoms with E-state index in [-0.39, 0.29) is 12.2 Å². The molecule has 23 heavy (non-hydrogen) atoms. The highest BCUT2D eigenvalue weighted by molar-refractivity contribution is 5.96. The van der Waals surface area contributed by atoms with E-state index in [0.717, 1.165) is 12.8 Å². The molecule has 3 atom stereocenters. The Bertz CT molecular complexity index is 519. The number of hydrogen-bond acceptors (Lipinski definition) is 5. The van der Waals surface area contributed by atoms with Crippen molar-refractivity contribution < 1.29 is 14.4 Å². The summed E-state index contributed by atoms with van der Waals surface area (Å²) in [6.45, 7) is 2.61. The smallest absolute Gasteiger partial charge is 0.219 e. The van der Waals surface area contributed by atoms with Gasteiger partial charge < -0.3 is 16.8 Å².